The summed E-state index contributed by atoms with van der Waals surface area (Å²) in [4.78, 5) is 0.235. The van der Waals surface area contributed by atoms with E-state index in [4.69, 9.17) is 21.4 Å². The lowest BCUT2D eigenvalue weighted by molar-refractivity contribution is 0.295. The Labute approximate surface area is 162 Å². The topological polar surface area (TPSA) is 81.4 Å². The zero-order valence-electron chi connectivity index (χ0n) is 14.7. The Balaban J connectivity index is 1.94. The first-order valence-corrected chi connectivity index (χ1v) is 10.3. The quantitative estimate of drug-likeness (QED) is 0.650. The lowest BCUT2D eigenvalue weighted by atomic mass is 10.1. The molecular formula is C19H19ClN2O4S. The largest absolute Gasteiger partial charge is 0.495 e. The van der Waals surface area contributed by atoms with Crippen molar-refractivity contribution in [2.75, 3.05) is 19.5 Å². The van der Waals surface area contributed by atoms with Crippen molar-refractivity contribution in [3.8, 4) is 22.7 Å². The van der Waals surface area contributed by atoms with Gasteiger partial charge in [0.15, 0.2) is 9.84 Å². The maximum Gasteiger partial charge on any atom is 0.178 e. The third-order valence-corrected chi connectivity index (χ3v) is 6.23. The predicted octanol–water partition coefficient (Wildman–Crippen LogP) is 3.36. The van der Waals surface area contributed by atoms with Crippen LogP contribution in [0.3, 0.4) is 0 Å². The molecule has 0 aliphatic carbocycles. The summed E-state index contributed by atoms with van der Waals surface area (Å²) in [6.45, 7) is -0.152. The summed E-state index contributed by atoms with van der Waals surface area (Å²) in [5, 5.41) is 13.7. The highest BCUT2D eigenvalue weighted by Crippen LogP contribution is 2.29. The lowest BCUT2D eigenvalue weighted by Crippen LogP contribution is -2.08. The van der Waals surface area contributed by atoms with E-state index in [1.54, 1.807) is 54.4 Å². The van der Waals surface area contributed by atoms with Crippen LogP contribution in [-0.2, 0) is 9.84 Å². The Hall–Kier alpha value is -2.35. The van der Waals surface area contributed by atoms with Crippen LogP contribution in [-0.4, -0.2) is 42.8 Å². The van der Waals surface area contributed by atoms with E-state index in [9.17, 15) is 8.42 Å². The molecule has 27 heavy (non-hydrogen) atoms. The predicted molar refractivity (Wildman–Crippen MR) is 104 cm³/mol. The Morgan fingerprint density at radius 2 is 1.89 bits per heavy atom. The zero-order chi connectivity index (χ0) is 19.4. The highest BCUT2D eigenvalue weighted by atomic mass is 35.5. The molecule has 0 spiro atoms. The number of aliphatic hydroxyl groups excluding tert-OH is 1. The minimum atomic E-state index is -3.40. The number of benzene rings is 2. The van der Waals surface area contributed by atoms with Gasteiger partial charge in [-0.05, 0) is 36.8 Å². The normalized spacial score (nSPS) is 11.5. The van der Waals surface area contributed by atoms with E-state index in [1.807, 2.05) is 12.1 Å². The molecule has 1 N–H and O–H groups in total. The van der Waals surface area contributed by atoms with Crippen LogP contribution in [0.2, 0.25) is 5.02 Å². The van der Waals surface area contributed by atoms with Gasteiger partial charge in [-0.25, -0.2) is 13.1 Å². The second-order valence-corrected chi connectivity index (χ2v) is 8.38. The molecule has 3 aromatic rings. The average molecular weight is 407 g/mol. The Morgan fingerprint density at radius 1 is 1.15 bits per heavy atom. The van der Waals surface area contributed by atoms with E-state index in [0.29, 0.717) is 10.8 Å². The van der Waals surface area contributed by atoms with E-state index in [0.717, 1.165) is 16.9 Å². The number of methoxy groups -OCH3 is 1. The van der Waals surface area contributed by atoms with E-state index in [1.165, 1.54) is 0 Å². The van der Waals surface area contributed by atoms with Gasteiger partial charge in [-0.1, -0.05) is 23.7 Å². The van der Waals surface area contributed by atoms with E-state index in [2.05, 4.69) is 5.10 Å². The summed E-state index contributed by atoms with van der Waals surface area (Å²) in [6.07, 6.45) is 1.89. The summed E-state index contributed by atoms with van der Waals surface area (Å²) in [6, 6.07) is 13.8. The standard InChI is InChI=1S/C19H19ClN2O4S/c1-26-19-13-15(5-8-17(19)20)22-18(9-10-21-22)14-3-6-16(7-4-14)27(24,25)12-2-11-23/h3-10,13,23H,2,11-12H2,1H3. The van der Waals surface area contributed by atoms with Crippen molar-refractivity contribution in [2.24, 2.45) is 0 Å². The zero-order valence-corrected chi connectivity index (χ0v) is 16.2. The first kappa shape index (κ1) is 19.4. The molecule has 0 saturated heterocycles. The molecule has 6 nitrogen and oxygen atoms in total. The van der Waals surface area contributed by atoms with Crippen molar-refractivity contribution in [2.45, 2.75) is 11.3 Å². The minimum Gasteiger partial charge on any atom is -0.495 e. The second kappa shape index (κ2) is 8.12. The van der Waals surface area contributed by atoms with Gasteiger partial charge in [0.25, 0.3) is 0 Å². The molecule has 0 amide bonds. The molecular weight excluding hydrogens is 388 g/mol. The first-order valence-electron chi connectivity index (χ1n) is 8.28. The van der Waals surface area contributed by atoms with E-state index in [-0.39, 0.29) is 23.7 Å². The van der Waals surface area contributed by atoms with Gasteiger partial charge < -0.3 is 9.84 Å². The molecule has 0 bridgehead atoms. The molecule has 1 aromatic heterocycles. The number of hydrogen-bond donors (Lipinski definition) is 1. The number of halogens is 1. The highest BCUT2D eigenvalue weighted by molar-refractivity contribution is 7.91. The van der Waals surface area contributed by atoms with Crippen molar-refractivity contribution < 1.29 is 18.3 Å². The van der Waals surface area contributed by atoms with Gasteiger partial charge in [0.2, 0.25) is 0 Å². The third kappa shape index (κ3) is 4.16. The maximum atomic E-state index is 12.2. The SMILES string of the molecule is COc1cc(-n2nccc2-c2ccc(S(=O)(=O)CCCO)cc2)ccc1Cl. The van der Waals surface area contributed by atoms with Crippen LogP contribution in [0.5, 0.6) is 5.75 Å². The van der Waals surface area contributed by atoms with Gasteiger partial charge in [0, 0.05) is 18.2 Å². The number of sulfone groups is 1. The smallest absolute Gasteiger partial charge is 0.178 e. The van der Waals surface area contributed by atoms with Crippen LogP contribution in [0.15, 0.2) is 59.6 Å². The molecule has 0 atom stereocenters. The fraction of sp³-hybridized carbons (Fsp3) is 0.211. The fourth-order valence-corrected chi connectivity index (χ4v) is 4.20. The van der Waals surface area contributed by atoms with Gasteiger partial charge >= 0.3 is 0 Å². The van der Waals surface area contributed by atoms with Crippen LogP contribution >= 0.6 is 11.6 Å². The fourth-order valence-electron chi connectivity index (χ4n) is 2.71. The van der Waals surface area contributed by atoms with Crippen molar-refractivity contribution in [1.29, 1.82) is 0 Å². The Morgan fingerprint density at radius 3 is 2.56 bits per heavy atom. The van der Waals surface area contributed by atoms with Crippen molar-refractivity contribution in [3.63, 3.8) is 0 Å². The summed E-state index contributed by atoms with van der Waals surface area (Å²) in [5.74, 6) is 0.465. The number of rotatable bonds is 7. The monoisotopic (exact) mass is 406 g/mol. The number of hydrogen-bond acceptors (Lipinski definition) is 5. The van der Waals surface area contributed by atoms with Gasteiger partial charge in [0.05, 0.1) is 40.4 Å². The molecule has 0 unspecified atom stereocenters. The summed E-state index contributed by atoms with van der Waals surface area (Å²) in [5.41, 5.74) is 2.40. The average Bonchev–Trinajstić information content (AvgIpc) is 3.17. The van der Waals surface area contributed by atoms with Gasteiger partial charge in [-0.2, -0.15) is 5.10 Å². The van der Waals surface area contributed by atoms with Gasteiger partial charge in [0.1, 0.15) is 5.75 Å². The number of aliphatic hydroxyl groups is 1. The second-order valence-electron chi connectivity index (χ2n) is 5.87. The van der Waals surface area contributed by atoms with Crippen LogP contribution in [0.4, 0.5) is 0 Å². The maximum absolute atomic E-state index is 12.2. The number of nitrogens with zero attached hydrogens (tertiary/aromatic N) is 2. The van der Waals surface area contributed by atoms with Gasteiger partial charge in [-0.3, -0.25) is 0 Å². The number of ether oxygens (including phenoxy) is 1. The Kier molecular flexibility index (Phi) is 5.84. The van der Waals surface area contributed by atoms with Crippen LogP contribution in [0, 0.1) is 0 Å². The Bertz CT molecular complexity index is 1030. The highest BCUT2D eigenvalue weighted by Gasteiger charge is 2.15. The van der Waals surface area contributed by atoms with Crippen LogP contribution < -0.4 is 4.74 Å². The van der Waals surface area contributed by atoms with Crippen molar-refractivity contribution >= 4 is 21.4 Å². The molecule has 8 heteroatoms. The van der Waals surface area contributed by atoms with E-state index >= 15 is 0 Å². The lowest BCUT2D eigenvalue weighted by Gasteiger charge is -2.11. The number of aromatic nitrogens is 2. The first-order chi connectivity index (χ1) is 13.0. The molecule has 0 aliphatic heterocycles. The van der Waals surface area contributed by atoms with Gasteiger partial charge in [-0.15, -0.1) is 0 Å². The van der Waals surface area contributed by atoms with E-state index < -0.39 is 9.84 Å². The molecule has 3 rings (SSSR count). The summed E-state index contributed by atoms with van der Waals surface area (Å²) < 4.78 is 31.4. The molecule has 0 radical (unpaired) electrons. The molecule has 1 heterocycles. The van der Waals surface area contributed by atoms with Crippen molar-refractivity contribution in [1.82, 2.24) is 9.78 Å². The van der Waals surface area contributed by atoms with Crippen LogP contribution in [0.25, 0.3) is 16.9 Å². The summed E-state index contributed by atoms with van der Waals surface area (Å²) >= 11 is 6.08. The van der Waals surface area contributed by atoms with Crippen molar-refractivity contribution in [3.05, 3.63) is 59.8 Å². The molecule has 0 saturated carbocycles. The molecule has 0 aliphatic rings. The molecule has 142 valence electrons. The van der Waals surface area contributed by atoms with Crippen LogP contribution in [0.1, 0.15) is 6.42 Å². The molecule has 2 aromatic carbocycles. The summed E-state index contributed by atoms with van der Waals surface area (Å²) in [7, 11) is -1.85. The minimum absolute atomic E-state index is 0.0780. The third-order valence-electron chi connectivity index (χ3n) is 4.10. The molecule has 0 fully saturated rings.